The molecule has 0 unspecified atom stereocenters. The first kappa shape index (κ1) is 29.0. The zero-order valence-electron chi connectivity index (χ0n) is 22.2. The fourth-order valence-corrected chi connectivity index (χ4v) is 5.12. The summed E-state index contributed by atoms with van der Waals surface area (Å²) >= 11 is 8.01. The number of aryl methyl sites for hydroxylation is 1. The predicted octanol–water partition coefficient (Wildman–Crippen LogP) is 8.99. The molecule has 3 rings (SSSR count). The number of urea groups is 1. The zero-order valence-corrected chi connectivity index (χ0v) is 23.8. The van der Waals surface area contributed by atoms with Gasteiger partial charge in [-0.05, 0) is 30.7 Å². The topological polar surface area (TPSA) is 54.2 Å². The molecule has 0 aliphatic rings. The molecule has 0 bridgehead atoms. The fourth-order valence-electron chi connectivity index (χ4n) is 4.16. The van der Waals surface area contributed by atoms with Crippen LogP contribution in [-0.4, -0.2) is 12.6 Å². The van der Waals surface area contributed by atoms with Gasteiger partial charge < -0.3 is 15.4 Å². The third kappa shape index (κ3) is 10.7. The van der Waals surface area contributed by atoms with Crippen LogP contribution in [-0.2, 0) is 6.54 Å². The first-order valence-corrected chi connectivity index (χ1v) is 14.9. The molecule has 0 atom stereocenters. The van der Waals surface area contributed by atoms with E-state index in [-0.39, 0.29) is 6.03 Å². The number of nitrogens with one attached hydrogen (secondary N) is 2. The highest BCUT2D eigenvalue weighted by Crippen LogP contribution is 2.28. The number of hydrogen-bond acceptors (Lipinski definition) is 3. The van der Waals surface area contributed by atoms with Gasteiger partial charge in [0.25, 0.3) is 0 Å². The smallest absolute Gasteiger partial charge is 0.323 e. The maximum absolute atomic E-state index is 12.5. The van der Waals surface area contributed by atoms with E-state index in [2.05, 4.69) is 39.9 Å². The van der Waals surface area contributed by atoms with Gasteiger partial charge in [-0.2, -0.15) is 4.57 Å². The maximum atomic E-state index is 12.5. The van der Waals surface area contributed by atoms with Gasteiger partial charge in [0.1, 0.15) is 5.75 Å². The van der Waals surface area contributed by atoms with Gasteiger partial charge in [-0.25, -0.2) is 4.79 Å². The predicted molar refractivity (Wildman–Crippen MR) is 156 cm³/mol. The molecule has 2 N–H and O–H groups in total. The summed E-state index contributed by atoms with van der Waals surface area (Å²) in [4.78, 5) is 12.5. The normalized spacial score (nSPS) is 10.9. The molecule has 0 aliphatic carbocycles. The average molecular weight is 543 g/mol. The maximum Gasteiger partial charge on any atom is 0.323 e. The third-order valence-corrected chi connectivity index (χ3v) is 7.55. The lowest BCUT2D eigenvalue weighted by Gasteiger charge is -2.12. The summed E-state index contributed by atoms with van der Waals surface area (Å²) in [6.07, 6.45) is 12.8. The number of rotatable bonds is 16. The molecule has 2 amide bonds. The summed E-state index contributed by atoms with van der Waals surface area (Å²) < 4.78 is 8.11. The van der Waals surface area contributed by atoms with Gasteiger partial charge in [0, 0.05) is 29.9 Å². The number of aromatic nitrogens is 1. The summed E-state index contributed by atoms with van der Waals surface area (Å²) in [6.45, 7) is 5.80. The Bertz CT molecular complexity index is 1080. The van der Waals surface area contributed by atoms with E-state index in [1.807, 2.05) is 24.3 Å². The molecule has 0 saturated carbocycles. The third-order valence-electron chi connectivity index (χ3n) is 6.39. The Morgan fingerprint density at radius 2 is 1.51 bits per heavy atom. The molecule has 200 valence electrons. The monoisotopic (exact) mass is 542 g/mol. The summed E-state index contributed by atoms with van der Waals surface area (Å²) in [5.41, 5.74) is 5.90. The first-order valence-electron chi connectivity index (χ1n) is 13.6. The molecule has 0 saturated heterocycles. The number of anilines is 2. The Morgan fingerprint density at radius 3 is 2.16 bits per heavy atom. The molecule has 0 spiro atoms. The van der Waals surface area contributed by atoms with Crippen LogP contribution < -0.4 is 19.9 Å². The summed E-state index contributed by atoms with van der Waals surface area (Å²) in [5.74, 6) is 0.598. The quantitative estimate of drug-likeness (QED) is 0.140. The molecule has 1 heterocycles. The molecule has 37 heavy (non-hydrogen) atoms. The van der Waals surface area contributed by atoms with Crippen molar-refractivity contribution in [3.63, 3.8) is 0 Å². The number of hydrogen-bond donors (Lipinski definition) is 2. The van der Waals surface area contributed by atoms with Gasteiger partial charge in [-0.15, -0.1) is 0 Å². The molecule has 7 heteroatoms. The van der Waals surface area contributed by atoms with Crippen molar-refractivity contribution in [1.82, 2.24) is 0 Å². The molecule has 2 aromatic carbocycles. The number of ether oxygens (including phenoxy) is 1. The number of thiazole rings is 1. The molecule has 0 fully saturated rings. The highest BCUT2D eigenvalue weighted by atomic mass is 35.5. The van der Waals surface area contributed by atoms with Crippen LogP contribution in [0.2, 0.25) is 5.02 Å². The van der Waals surface area contributed by atoms with Crippen LogP contribution in [0.5, 0.6) is 5.75 Å². The lowest BCUT2D eigenvalue weighted by molar-refractivity contribution is -0.689. The van der Waals surface area contributed by atoms with Gasteiger partial charge in [0.15, 0.2) is 12.2 Å². The van der Waals surface area contributed by atoms with E-state index in [4.69, 9.17) is 16.3 Å². The van der Waals surface area contributed by atoms with E-state index < -0.39 is 0 Å². The number of halogens is 1. The van der Waals surface area contributed by atoms with E-state index in [1.165, 1.54) is 62.6 Å². The first-order chi connectivity index (χ1) is 18.0. The van der Waals surface area contributed by atoms with Crippen molar-refractivity contribution in [3.05, 3.63) is 69.6 Å². The second-order valence-corrected chi connectivity index (χ2v) is 10.7. The lowest BCUT2D eigenvalue weighted by atomic mass is 10.1. The molecular formula is C30H41ClN3O2S+. The Labute approximate surface area is 231 Å². The van der Waals surface area contributed by atoms with Crippen LogP contribution in [0, 0.1) is 6.92 Å². The van der Waals surface area contributed by atoms with Crippen molar-refractivity contribution >= 4 is 40.3 Å². The zero-order chi connectivity index (χ0) is 26.3. The minimum absolute atomic E-state index is 0.307. The minimum atomic E-state index is -0.307. The molecule has 0 radical (unpaired) electrons. The largest absolute Gasteiger partial charge is 0.492 e. The van der Waals surface area contributed by atoms with Crippen LogP contribution in [0.4, 0.5) is 16.2 Å². The van der Waals surface area contributed by atoms with Crippen LogP contribution >= 0.6 is 22.9 Å². The molecule has 1 aromatic heterocycles. The standard InChI is InChI=1S/C30H40ClN3O2S/c1-3-4-5-6-7-8-9-10-11-12-19-36-29-20-27(17-18-28(29)31)33-30(35)32-26-15-13-25(14-16-26)21-34-23-37-22-24(34)2/h13-18,20,22-23H,3-12,19,21H2,1-2H3,(H-,32,33,35)/p+1. The van der Waals surface area contributed by atoms with E-state index in [1.54, 1.807) is 29.5 Å². The Morgan fingerprint density at radius 1 is 0.892 bits per heavy atom. The molecular weight excluding hydrogens is 502 g/mol. The van der Waals surface area contributed by atoms with Gasteiger partial charge in [-0.1, -0.05) is 99.8 Å². The number of benzene rings is 2. The highest BCUT2D eigenvalue weighted by molar-refractivity contribution is 7.07. The lowest BCUT2D eigenvalue weighted by Crippen LogP contribution is -2.34. The van der Waals surface area contributed by atoms with E-state index in [9.17, 15) is 4.79 Å². The van der Waals surface area contributed by atoms with Gasteiger partial charge in [0.2, 0.25) is 5.51 Å². The van der Waals surface area contributed by atoms with Crippen LogP contribution in [0.3, 0.4) is 0 Å². The molecule has 5 nitrogen and oxygen atoms in total. The van der Waals surface area contributed by atoms with Gasteiger partial charge in [-0.3, -0.25) is 0 Å². The van der Waals surface area contributed by atoms with Crippen molar-refractivity contribution in [2.45, 2.75) is 84.6 Å². The summed E-state index contributed by atoms with van der Waals surface area (Å²) in [7, 11) is 0. The number of nitrogens with zero attached hydrogens (tertiary/aromatic N) is 1. The Hall–Kier alpha value is -2.57. The van der Waals surface area contributed by atoms with Crippen molar-refractivity contribution in [3.8, 4) is 5.75 Å². The number of carbonyl (C=O) groups is 1. The van der Waals surface area contributed by atoms with Crippen LogP contribution in [0.15, 0.2) is 53.4 Å². The van der Waals surface area contributed by atoms with E-state index in [0.29, 0.717) is 23.1 Å². The molecule has 0 aliphatic heterocycles. The Kier molecular flexibility index (Phi) is 12.8. The minimum Gasteiger partial charge on any atom is -0.492 e. The van der Waals surface area contributed by atoms with Crippen molar-refractivity contribution in [2.24, 2.45) is 0 Å². The summed E-state index contributed by atoms with van der Waals surface area (Å²) in [5, 5.41) is 8.43. The number of unbranched alkanes of at least 4 members (excludes halogenated alkanes) is 9. The van der Waals surface area contributed by atoms with Crippen molar-refractivity contribution < 1.29 is 14.1 Å². The van der Waals surface area contributed by atoms with Crippen molar-refractivity contribution in [1.29, 1.82) is 0 Å². The van der Waals surface area contributed by atoms with Crippen LogP contribution in [0.25, 0.3) is 0 Å². The highest BCUT2D eigenvalue weighted by Gasteiger charge is 2.10. The van der Waals surface area contributed by atoms with Crippen molar-refractivity contribution in [2.75, 3.05) is 17.2 Å². The number of amides is 2. The van der Waals surface area contributed by atoms with Gasteiger partial charge >= 0.3 is 6.03 Å². The molecule has 3 aromatic rings. The van der Waals surface area contributed by atoms with Crippen LogP contribution in [0.1, 0.15) is 82.4 Å². The second kappa shape index (κ2) is 16.3. The SMILES string of the molecule is CCCCCCCCCCCCOc1cc(NC(=O)Nc2ccc(C[n+]3cscc3C)cc2)ccc1Cl. The average Bonchev–Trinajstić information content (AvgIpc) is 3.29. The van der Waals surface area contributed by atoms with Gasteiger partial charge in [0.05, 0.1) is 17.0 Å². The summed E-state index contributed by atoms with van der Waals surface area (Å²) in [6, 6.07) is 12.9. The number of carbonyl (C=O) groups excluding carboxylic acids is 1. The fraction of sp³-hybridized carbons (Fsp3) is 0.467. The van der Waals surface area contributed by atoms with E-state index in [0.717, 1.165) is 25.1 Å². The van der Waals surface area contributed by atoms with E-state index >= 15 is 0 Å². The Balaban J connectivity index is 1.36. The second-order valence-electron chi connectivity index (χ2n) is 9.58.